The van der Waals surface area contributed by atoms with Gasteiger partial charge in [0, 0.05) is 30.2 Å². The van der Waals surface area contributed by atoms with Gasteiger partial charge in [-0.3, -0.25) is 14.3 Å². The van der Waals surface area contributed by atoms with Crippen LogP contribution in [0, 0.1) is 0 Å². The fraction of sp³-hybridized carbons (Fsp3) is 0.286. The van der Waals surface area contributed by atoms with E-state index in [0.29, 0.717) is 17.5 Å². The third kappa shape index (κ3) is 4.28. The predicted octanol–water partition coefficient (Wildman–Crippen LogP) is 4.21. The van der Waals surface area contributed by atoms with Gasteiger partial charge in [-0.25, -0.2) is 4.98 Å². The van der Waals surface area contributed by atoms with Crippen LogP contribution >= 0.6 is 23.5 Å². The van der Waals surface area contributed by atoms with E-state index in [1.165, 1.54) is 5.56 Å². The number of aryl methyl sites for hydroxylation is 1. The van der Waals surface area contributed by atoms with Gasteiger partial charge in [0.1, 0.15) is 0 Å². The maximum Gasteiger partial charge on any atom is 0.268 e. The van der Waals surface area contributed by atoms with Gasteiger partial charge in [-0.05, 0) is 24.1 Å². The SMILES string of the molecule is CC1Cc2nc(SCc3ccccn3)n(CCc3ccccc3)c(=O)c2S1. The van der Waals surface area contributed by atoms with E-state index in [1.807, 2.05) is 41.0 Å². The summed E-state index contributed by atoms with van der Waals surface area (Å²) in [6.07, 6.45) is 3.48. The number of aromatic nitrogens is 3. The van der Waals surface area contributed by atoms with Crippen molar-refractivity contribution >= 4 is 23.5 Å². The van der Waals surface area contributed by atoms with Gasteiger partial charge in [0.25, 0.3) is 5.56 Å². The first-order valence-corrected chi connectivity index (χ1v) is 10.9. The smallest absolute Gasteiger partial charge is 0.268 e. The Bertz CT molecular complexity index is 974. The van der Waals surface area contributed by atoms with Crippen LogP contribution < -0.4 is 5.56 Å². The normalized spacial score (nSPS) is 15.7. The predicted molar refractivity (Wildman–Crippen MR) is 111 cm³/mol. The Kier molecular flexibility index (Phi) is 5.64. The van der Waals surface area contributed by atoms with Crippen LogP contribution in [0.4, 0.5) is 0 Å². The van der Waals surface area contributed by atoms with E-state index < -0.39 is 0 Å². The van der Waals surface area contributed by atoms with Crippen LogP contribution in [0.3, 0.4) is 0 Å². The molecule has 1 aliphatic rings. The first-order chi connectivity index (χ1) is 13.2. The van der Waals surface area contributed by atoms with Crippen molar-refractivity contribution in [3.8, 4) is 0 Å². The van der Waals surface area contributed by atoms with Gasteiger partial charge < -0.3 is 0 Å². The molecule has 27 heavy (non-hydrogen) atoms. The van der Waals surface area contributed by atoms with Crippen LogP contribution in [0.25, 0.3) is 0 Å². The number of thioether (sulfide) groups is 2. The lowest BCUT2D eigenvalue weighted by molar-refractivity contribution is 0.564. The molecular formula is C21H21N3OS2. The Morgan fingerprint density at radius 2 is 2.00 bits per heavy atom. The Hall–Kier alpha value is -2.05. The van der Waals surface area contributed by atoms with E-state index >= 15 is 0 Å². The topological polar surface area (TPSA) is 47.8 Å². The highest BCUT2D eigenvalue weighted by atomic mass is 32.2. The highest BCUT2D eigenvalue weighted by Crippen LogP contribution is 2.34. The van der Waals surface area contributed by atoms with Crippen molar-refractivity contribution in [1.29, 1.82) is 0 Å². The first kappa shape index (κ1) is 18.3. The van der Waals surface area contributed by atoms with Crippen LogP contribution in [0.1, 0.15) is 23.9 Å². The molecule has 0 amide bonds. The fourth-order valence-corrected chi connectivity index (χ4v) is 5.22. The summed E-state index contributed by atoms with van der Waals surface area (Å²) < 4.78 is 1.85. The number of nitrogens with zero attached hydrogens (tertiary/aromatic N) is 3. The molecule has 2 aromatic heterocycles. The number of hydrogen-bond acceptors (Lipinski definition) is 5. The molecular weight excluding hydrogens is 374 g/mol. The number of rotatable bonds is 6. The third-order valence-corrected chi connectivity index (χ3v) is 6.73. The summed E-state index contributed by atoms with van der Waals surface area (Å²) in [6, 6.07) is 16.2. The van der Waals surface area contributed by atoms with Crippen molar-refractivity contribution in [1.82, 2.24) is 14.5 Å². The first-order valence-electron chi connectivity index (χ1n) is 9.07. The van der Waals surface area contributed by atoms with Gasteiger partial charge >= 0.3 is 0 Å². The minimum atomic E-state index is 0.105. The van der Waals surface area contributed by atoms with Crippen molar-refractivity contribution in [3.05, 3.63) is 82.0 Å². The molecule has 138 valence electrons. The molecule has 6 heteroatoms. The molecule has 3 heterocycles. The zero-order valence-electron chi connectivity index (χ0n) is 15.2. The molecule has 0 bridgehead atoms. The second-order valence-corrected chi connectivity index (χ2v) is 9.00. The van der Waals surface area contributed by atoms with E-state index in [2.05, 4.69) is 24.0 Å². The van der Waals surface area contributed by atoms with Crippen LogP contribution in [0.5, 0.6) is 0 Å². The van der Waals surface area contributed by atoms with E-state index in [0.717, 1.165) is 34.3 Å². The third-order valence-electron chi connectivity index (χ3n) is 4.51. The van der Waals surface area contributed by atoms with Gasteiger partial charge in [0.15, 0.2) is 5.16 Å². The zero-order chi connectivity index (χ0) is 18.6. The summed E-state index contributed by atoms with van der Waals surface area (Å²) in [4.78, 5) is 23.2. The standard InChI is InChI=1S/C21H21N3OS2/c1-15-13-18-19(27-15)20(25)24(12-10-16-7-3-2-4-8-16)21(23-18)26-14-17-9-5-6-11-22-17/h2-9,11,15H,10,12-14H2,1H3. The number of hydrogen-bond donors (Lipinski definition) is 0. The molecule has 3 aromatic rings. The monoisotopic (exact) mass is 395 g/mol. The van der Waals surface area contributed by atoms with Crippen molar-refractivity contribution in [2.45, 2.75) is 47.4 Å². The maximum atomic E-state index is 13.1. The highest BCUT2D eigenvalue weighted by Gasteiger charge is 2.26. The highest BCUT2D eigenvalue weighted by molar-refractivity contribution is 8.00. The average Bonchev–Trinajstić information content (AvgIpc) is 3.08. The van der Waals surface area contributed by atoms with E-state index in [4.69, 9.17) is 4.98 Å². The Labute approximate surface area is 167 Å². The van der Waals surface area contributed by atoms with Gasteiger partial charge in [0.05, 0.1) is 16.3 Å². The second-order valence-electron chi connectivity index (χ2n) is 6.60. The molecule has 1 atom stereocenters. The van der Waals surface area contributed by atoms with Crippen LogP contribution in [0.15, 0.2) is 69.6 Å². The summed E-state index contributed by atoms with van der Waals surface area (Å²) in [5, 5.41) is 1.22. The minimum absolute atomic E-state index is 0.105. The molecule has 0 aliphatic carbocycles. The number of benzene rings is 1. The quantitative estimate of drug-likeness (QED) is 0.462. The second kappa shape index (κ2) is 8.31. The summed E-state index contributed by atoms with van der Waals surface area (Å²) >= 11 is 3.26. The molecule has 0 saturated carbocycles. The summed E-state index contributed by atoms with van der Waals surface area (Å²) in [6.45, 7) is 2.80. The summed E-state index contributed by atoms with van der Waals surface area (Å²) in [7, 11) is 0. The lowest BCUT2D eigenvalue weighted by Crippen LogP contribution is -2.26. The molecule has 0 saturated heterocycles. The van der Waals surface area contributed by atoms with Crippen LogP contribution in [0.2, 0.25) is 0 Å². The summed E-state index contributed by atoms with van der Waals surface area (Å²) in [5.74, 6) is 0.708. The lowest BCUT2D eigenvalue weighted by Gasteiger charge is -2.13. The molecule has 4 rings (SSSR count). The Morgan fingerprint density at radius 1 is 1.19 bits per heavy atom. The van der Waals surface area contributed by atoms with Crippen molar-refractivity contribution in [2.24, 2.45) is 0 Å². The molecule has 0 radical (unpaired) electrons. The maximum absolute atomic E-state index is 13.1. The molecule has 1 aliphatic heterocycles. The van der Waals surface area contributed by atoms with Crippen molar-refractivity contribution in [3.63, 3.8) is 0 Å². The number of pyridine rings is 1. The van der Waals surface area contributed by atoms with Gasteiger partial charge in [-0.15, -0.1) is 11.8 Å². The van der Waals surface area contributed by atoms with Gasteiger partial charge in [-0.1, -0.05) is 55.1 Å². The largest absolute Gasteiger partial charge is 0.286 e. The molecule has 1 unspecified atom stereocenters. The fourth-order valence-electron chi connectivity index (χ4n) is 3.15. The van der Waals surface area contributed by atoms with E-state index in [9.17, 15) is 4.79 Å². The summed E-state index contributed by atoms with van der Waals surface area (Å²) in [5.41, 5.74) is 3.28. The van der Waals surface area contributed by atoms with Gasteiger partial charge in [0.2, 0.25) is 0 Å². The zero-order valence-corrected chi connectivity index (χ0v) is 16.8. The lowest BCUT2D eigenvalue weighted by atomic mass is 10.1. The Balaban J connectivity index is 1.62. The molecule has 4 nitrogen and oxygen atoms in total. The van der Waals surface area contributed by atoms with Crippen molar-refractivity contribution in [2.75, 3.05) is 0 Å². The van der Waals surface area contributed by atoms with Crippen LogP contribution in [-0.2, 0) is 25.1 Å². The molecule has 0 N–H and O–H groups in total. The molecule has 1 aromatic carbocycles. The van der Waals surface area contributed by atoms with E-state index in [1.54, 1.807) is 29.7 Å². The van der Waals surface area contributed by atoms with Crippen molar-refractivity contribution < 1.29 is 0 Å². The molecule has 0 spiro atoms. The average molecular weight is 396 g/mol. The minimum Gasteiger partial charge on any atom is -0.286 e. The number of fused-ring (bicyclic) bond motifs is 1. The van der Waals surface area contributed by atoms with Crippen LogP contribution in [-0.4, -0.2) is 19.8 Å². The van der Waals surface area contributed by atoms with Gasteiger partial charge in [-0.2, -0.15) is 0 Å². The Morgan fingerprint density at radius 3 is 2.78 bits per heavy atom. The van der Waals surface area contributed by atoms with E-state index in [-0.39, 0.29) is 5.56 Å². The molecule has 0 fully saturated rings.